The third-order valence-electron chi connectivity index (χ3n) is 4.44. The number of halogens is 1. The Bertz CT molecular complexity index is 434. The van der Waals surface area contributed by atoms with E-state index in [1.54, 1.807) is 0 Å². The van der Waals surface area contributed by atoms with Crippen LogP contribution in [-0.2, 0) is 11.3 Å². The standard InChI is InChI=1S/C14H24BrN3O/c1-6-18-14(11(15)7-17-18)13(16-5)12-8(2)9(3)19-10(12)4/h7-10,12-13,16H,6H2,1-5H3. The summed E-state index contributed by atoms with van der Waals surface area (Å²) in [6.45, 7) is 9.63. The van der Waals surface area contributed by atoms with Crippen LogP contribution >= 0.6 is 15.9 Å². The fraction of sp³-hybridized carbons (Fsp3) is 0.786. The van der Waals surface area contributed by atoms with Crippen molar-refractivity contribution in [3.63, 3.8) is 0 Å². The zero-order valence-corrected chi connectivity index (χ0v) is 13.9. The molecule has 0 spiro atoms. The Morgan fingerprint density at radius 1 is 1.42 bits per heavy atom. The Balaban J connectivity index is 2.37. The van der Waals surface area contributed by atoms with Crippen molar-refractivity contribution in [2.45, 2.75) is 52.5 Å². The normalized spacial score (nSPS) is 32.7. The van der Waals surface area contributed by atoms with Crippen molar-refractivity contribution in [2.75, 3.05) is 7.05 Å². The lowest BCUT2D eigenvalue weighted by molar-refractivity contribution is 0.0474. The van der Waals surface area contributed by atoms with Crippen LogP contribution in [0.15, 0.2) is 10.7 Å². The molecule has 19 heavy (non-hydrogen) atoms. The first-order valence-electron chi connectivity index (χ1n) is 7.05. The average molecular weight is 330 g/mol. The maximum Gasteiger partial charge on any atom is 0.0699 e. The first kappa shape index (κ1) is 15.0. The molecule has 0 aliphatic carbocycles. The minimum absolute atomic E-state index is 0.256. The summed E-state index contributed by atoms with van der Waals surface area (Å²) in [6.07, 6.45) is 2.46. The Hall–Kier alpha value is -0.390. The van der Waals surface area contributed by atoms with Gasteiger partial charge in [-0.05, 0) is 49.7 Å². The van der Waals surface area contributed by atoms with Gasteiger partial charge >= 0.3 is 0 Å². The molecule has 5 atom stereocenters. The van der Waals surface area contributed by atoms with Gasteiger partial charge in [0.1, 0.15) is 0 Å². The molecule has 1 N–H and O–H groups in total. The van der Waals surface area contributed by atoms with Crippen LogP contribution in [0.4, 0.5) is 0 Å². The molecule has 5 heteroatoms. The number of aromatic nitrogens is 2. The molecule has 1 aliphatic heterocycles. The molecule has 0 bridgehead atoms. The van der Waals surface area contributed by atoms with Crippen LogP contribution in [0.5, 0.6) is 0 Å². The second-order valence-electron chi connectivity index (χ2n) is 5.44. The Kier molecular flexibility index (Phi) is 4.69. The number of ether oxygens (including phenoxy) is 1. The molecule has 108 valence electrons. The molecule has 0 radical (unpaired) electrons. The Morgan fingerprint density at radius 3 is 2.58 bits per heavy atom. The van der Waals surface area contributed by atoms with Crippen LogP contribution < -0.4 is 5.32 Å². The minimum Gasteiger partial charge on any atom is -0.375 e. The van der Waals surface area contributed by atoms with E-state index in [9.17, 15) is 0 Å². The summed E-state index contributed by atoms with van der Waals surface area (Å²) in [7, 11) is 2.02. The molecule has 0 amide bonds. The van der Waals surface area contributed by atoms with E-state index in [1.807, 2.05) is 13.2 Å². The summed E-state index contributed by atoms with van der Waals surface area (Å²) >= 11 is 3.64. The maximum absolute atomic E-state index is 6.00. The Morgan fingerprint density at radius 2 is 2.11 bits per heavy atom. The van der Waals surface area contributed by atoms with Gasteiger partial charge in [-0.25, -0.2) is 0 Å². The van der Waals surface area contributed by atoms with Crippen LogP contribution in [-0.4, -0.2) is 29.0 Å². The van der Waals surface area contributed by atoms with Crippen molar-refractivity contribution < 1.29 is 4.74 Å². The van der Waals surface area contributed by atoms with Gasteiger partial charge in [0.2, 0.25) is 0 Å². The van der Waals surface area contributed by atoms with E-state index in [0.29, 0.717) is 17.9 Å². The minimum atomic E-state index is 0.256. The molecular weight excluding hydrogens is 306 g/mol. The van der Waals surface area contributed by atoms with Crippen LogP contribution in [0.2, 0.25) is 0 Å². The number of hydrogen-bond donors (Lipinski definition) is 1. The van der Waals surface area contributed by atoms with E-state index < -0.39 is 0 Å². The van der Waals surface area contributed by atoms with Crippen LogP contribution in [0.1, 0.15) is 39.4 Å². The van der Waals surface area contributed by atoms with Crippen molar-refractivity contribution in [3.8, 4) is 0 Å². The van der Waals surface area contributed by atoms with Gasteiger partial charge in [0.05, 0.1) is 34.6 Å². The molecule has 5 unspecified atom stereocenters. The molecule has 2 rings (SSSR count). The summed E-state index contributed by atoms with van der Waals surface area (Å²) in [5, 5.41) is 7.91. The van der Waals surface area contributed by atoms with Crippen LogP contribution in [0.3, 0.4) is 0 Å². The highest BCUT2D eigenvalue weighted by molar-refractivity contribution is 9.10. The number of hydrogen-bond acceptors (Lipinski definition) is 3. The highest BCUT2D eigenvalue weighted by atomic mass is 79.9. The van der Waals surface area contributed by atoms with Crippen LogP contribution in [0, 0.1) is 11.8 Å². The second kappa shape index (κ2) is 5.94. The molecule has 1 aromatic heterocycles. The highest BCUT2D eigenvalue weighted by Gasteiger charge is 2.43. The van der Waals surface area contributed by atoms with Crippen LogP contribution in [0.25, 0.3) is 0 Å². The van der Waals surface area contributed by atoms with Gasteiger partial charge in [0.25, 0.3) is 0 Å². The van der Waals surface area contributed by atoms with Crippen molar-refractivity contribution in [1.29, 1.82) is 0 Å². The quantitative estimate of drug-likeness (QED) is 0.922. The van der Waals surface area contributed by atoms with Gasteiger partial charge in [0, 0.05) is 12.5 Å². The van der Waals surface area contributed by atoms with Crippen molar-refractivity contribution in [1.82, 2.24) is 15.1 Å². The molecule has 1 aliphatic rings. The van der Waals surface area contributed by atoms with Gasteiger partial charge in [0.15, 0.2) is 0 Å². The van der Waals surface area contributed by atoms with E-state index >= 15 is 0 Å². The zero-order chi connectivity index (χ0) is 14.2. The van der Waals surface area contributed by atoms with Gasteiger partial charge in [-0.1, -0.05) is 6.92 Å². The third kappa shape index (κ3) is 2.60. The first-order chi connectivity index (χ1) is 9.01. The molecule has 0 saturated carbocycles. The average Bonchev–Trinajstić information content (AvgIpc) is 2.86. The van der Waals surface area contributed by atoms with E-state index in [0.717, 1.165) is 11.0 Å². The summed E-state index contributed by atoms with van der Waals surface area (Å²) in [4.78, 5) is 0. The molecular formula is C14H24BrN3O. The SMILES string of the molecule is CCn1ncc(Br)c1C(NC)C1C(C)OC(C)C1C. The first-order valence-corrected chi connectivity index (χ1v) is 7.84. The van der Waals surface area contributed by atoms with Gasteiger partial charge in [-0.15, -0.1) is 0 Å². The molecule has 1 aromatic rings. The largest absolute Gasteiger partial charge is 0.375 e. The molecule has 2 heterocycles. The smallest absolute Gasteiger partial charge is 0.0699 e. The van der Waals surface area contributed by atoms with E-state index in [-0.39, 0.29) is 12.1 Å². The highest BCUT2D eigenvalue weighted by Crippen LogP contribution is 2.42. The van der Waals surface area contributed by atoms with E-state index in [2.05, 4.69) is 58.7 Å². The predicted molar refractivity (Wildman–Crippen MR) is 80.1 cm³/mol. The van der Waals surface area contributed by atoms with E-state index in [4.69, 9.17) is 4.74 Å². The number of nitrogens with one attached hydrogen (secondary N) is 1. The van der Waals surface area contributed by atoms with Gasteiger partial charge in [-0.2, -0.15) is 5.10 Å². The summed E-state index contributed by atoms with van der Waals surface area (Å²) in [6, 6.07) is 0.256. The third-order valence-corrected chi connectivity index (χ3v) is 5.05. The summed E-state index contributed by atoms with van der Waals surface area (Å²) in [5.74, 6) is 0.984. The topological polar surface area (TPSA) is 39.1 Å². The van der Waals surface area contributed by atoms with Crippen molar-refractivity contribution in [3.05, 3.63) is 16.4 Å². The lowest BCUT2D eigenvalue weighted by Gasteiger charge is -2.29. The van der Waals surface area contributed by atoms with Gasteiger partial charge < -0.3 is 10.1 Å². The second-order valence-corrected chi connectivity index (χ2v) is 6.30. The zero-order valence-electron chi connectivity index (χ0n) is 12.4. The Labute approximate surface area is 124 Å². The van der Waals surface area contributed by atoms with Crippen molar-refractivity contribution >= 4 is 15.9 Å². The molecule has 1 saturated heterocycles. The fourth-order valence-electron chi connectivity index (χ4n) is 3.31. The lowest BCUT2D eigenvalue weighted by Crippen LogP contribution is -2.34. The lowest BCUT2D eigenvalue weighted by atomic mass is 9.82. The van der Waals surface area contributed by atoms with Crippen molar-refractivity contribution in [2.24, 2.45) is 11.8 Å². The number of aryl methyl sites for hydroxylation is 1. The predicted octanol–water partition coefficient (Wildman–Crippen LogP) is 2.99. The molecule has 0 aromatic carbocycles. The molecule has 1 fully saturated rings. The monoisotopic (exact) mass is 329 g/mol. The summed E-state index contributed by atoms with van der Waals surface area (Å²) < 4.78 is 9.13. The summed E-state index contributed by atoms with van der Waals surface area (Å²) in [5.41, 5.74) is 1.23. The number of nitrogens with zero attached hydrogens (tertiary/aromatic N) is 2. The fourth-order valence-corrected chi connectivity index (χ4v) is 3.86. The number of rotatable bonds is 4. The molecule has 4 nitrogen and oxygen atoms in total. The van der Waals surface area contributed by atoms with Gasteiger partial charge in [-0.3, -0.25) is 4.68 Å². The maximum atomic E-state index is 6.00. The van der Waals surface area contributed by atoms with E-state index in [1.165, 1.54) is 5.69 Å².